The fraction of sp³-hybridized carbons (Fsp3) is 0.677. The molecule has 0 saturated heterocycles. The molecule has 1 aromatic carbocycles. The van der Waals surface area contributed by atoms with Crippen LogP contribution in [0.5, 0.6) is 11.5 Å². The van der Waals surface area contributed by atoms with Gasteiger partial charge in [0.05, 0.1) is 19.0 Å². The quantitative estimate of drug-likeness (QED) is 0.181. The number of halogens is 1. The SMILES string of the molecule is CCCCCC[C@@H](F)COc1ccc(-c2ncc(OCCCCCCCCC3CCCC3)cn2)cc1. The highest BCUT2D eigenvalue weighted by Gasteiger charge is 2.13. The standard InChI is InChI=1S/C31H47FN2O2/c1-2-3-4-10-17-28(32)25-36-29-20-18-27(19-21-29)31-33-23-30(24-34-31)35-22-13-8-6-5-7-9-14-26-15-11-12-16-26/h18-21,23-24,26,28H,2-17,22,25H2,1H3/t28-/m1/s1. The molecule has 2 aromatic rings. The highest BCUT2D eigenvalue weighted by Crippen LogP contribution is 2.29. The van der Waals surface area contributed by atoms with Crippen LogP contribution in [0.4, 0.5) is 4.39 Å². The summed E-state index contributed by atoms with van der Waals surface area (Å²) in [5.74, 6) is 3.06. The van der Waals surface area contributed by atoms with E-state index in [4.69, 9.17) is 9.47 Å². The van der Waals surface area contributed by atoms with E-state index >= 15 is 0 Å². The topological polar surface area (TPSA) is 44.2 Å². The van der Waals surface area contributed by atoms with Crippen LogP contribution in [0.15, 0.2) is 36.7 Å². The lowest BCUT2D eigenvalue weighted by Crippen LogP contribution is -2.12. The molecule has 1 aliphatic rings. The molecule has 1 atom stereocenters. The molecule has 1 fully saturated rings. The monoisotopic (exact) mass is 498 g/mol. The molecule has 3 rings (SSSR count). The Morgan fingerprint density at radius 3 is 2.19 bits per heavy atom. The molecular formula is C31H47FN2O2. The maximum Gasteiger partial charge on any atom is 0.159 e. The zero-order chi connectivity index (χ0) is 25.3. The van der Waals surface area contributed by atoms with E-state index in [1.54, 1.807) is 12.4 Å². The predicted octanol–water partition coefficient (Wildman–Crippen LogP) is 9.13. The Bertz CT molecular complexity index is 806. The lowest BCUT2D eigenvalue weighted by Gasteiger charge is -2.11. The van der Waals surface area contributed by atoms with Crippen LogP contribution in [-0.2, 0) is 0 Å². The third-order valence-electron chi connectivity index (χ3n) is 7.29. The van der Waals surface area contributed by atoms with Crippen molar-refractivity contribution < 1.29 is 13.9 Å². The molecule has 200 valence electrons. The number of ether oxygens (including phenoxy) is 2. The molecule has 0 aliphatic heterocycles. The molecule has 1 heterocycles. The summed E-state index contributed by atoms with van der Waals surface area (Å²) in [5.41, 5.74) is 0.901. The van der Waals surface area contributed by atoms with Crippen LogP contribution in [0.1, 0.15) is 110 Å². The van der Waals surface area contributed by atoms with Crippen LogP contribution in [0.3, 0.4) is 0 Å². The fourth-order valence-electron chi connectivity index (χ4n) is 5.03. The lowest BCUT2D eigenvalue weighted by molar-refractivity contribution is 0.184. The second-order valence-corrected chi connectivity index (χ2v) is 10.4. The number of hydrogen-bond donors (Lipinski definition) is 0. The van der Waals surface area contributed by atoms with E-state index in [-0.39, 0.29) is 6.61 Å². The van der Waals surface area contributed by atoms with Crippen molar-refractivity contribution in [2.45, 2.75) is 116 Å². The zero-order valence-corrected chi connectivity index (χ0v) is 22.4. The average Bonchev–Trinajstić information content (AvgIpc) is 3.43. The molecule has 5 heteroatoms. The van der Waals surface area contributed by atoms with Crippen LogP contribution in [0.25, 0.3) is 11.4 Å². The van der Waals surface area contributed by atoms with E-state index in [0.717, 1.165) is 30.7 Å². The van der Waals surface area contributed by atoms with Gasteiger partial charge in [0.15, 0.2) is 11.6 Å². The Morgan fingerprint density at radius 1 is 0.806 bits per heavy atom. The van der Waals surface area contributed by atoms with Gasteiger partial charge >= 0.3 is 0 Å². The first-order chi connectivity index (χ1) is 17.7. The number of hydrogen-bond acceptors (Lipinski definition) is 4. The number of alkyl halides is 1. The number of benzene rings is 1. The smallest absolute Gasteiger partial charge is 0.159 e. The maximum absolute atomic E-state index is 14.0. The van der Waals surface area contributed by atoms with Gasteiger partial charge in [-0.3, -0.25) is 0 Å². The third kappa shape index (κ3) is 11.3. The number of aromatic nitrogens is 2. The molecule has 0 radical (unpaired) electrons. The molecule has 1 saturated carbocycles. The van der Waals surface area contributed by atoms with Crippen molar-refractivity contribution in [3.8, 4) is 22.9 Å². The van der Waals surface area contributed by atoms with Crippen LogP contribution in [-0.4, -0.2) is 29.4 Å². The molecule has 4 nitrogen and oxygen atoms in total. The van der Waals surface area contributed by atoms with Crippen LogP contribution >= 0.6 is 0 Å². The Kier molecular flexibility index (Phi) is 13.7. The normalized spacial score (nSPS) is 14.7. The largest absolute Gasteiger partial charge is 0.491 e. The van der Waals surface area contributed by atoms with Crippen LogP contribution in [0, 0.1) is 5.92 Å². The van der Waals surface area contributed by atoms with E-state index in [1.807, 2.05) is 24.3 Å². The summed E-state index contributed by atoms with van der Waals surface area (Å²) < 4.78 is 25.4. The molecule has 0 spiro atoms. The van der Waals surface area contributed by atoms with Gasteiger partial charge in [-0.05, 0) is 43.0 Å². The summed E-state index contributed by atoms with van der Waals surface area (Å²) in [6.45, 7) is 2.98. The van der Waals surface area contributed by atoms with Gasteiger partial charge < -0.3 is 9.47 Å². The molecule has 36 heavy (non-hydrogen) atoms. The van der Waals surface area contributed by atoms with Gasteiger partial charge in [0.2, 0.25) is 0 Å². The minimum absolute atomic E-state index is 0.106. The van der Waals surface area contributed by atoms with Gasteiger partial charge in [-0.1, -0.05) is 96.8 Å². The summed E-state index contributed by atoms with van der Waals surface area (Å²) in [6, 6.07) is 7.52. The van der Waals surface area contributed by atoms with Gasteiger partial charge in [0, 0.05) is 5.56 Å². The molecule has 1 aliphatic carbocycles. The van der Waals surface area contributed by atoms with E-state index < -0.39 is 6.17 Å². The van der Waals surface area contributed by atoms with E-state index in [1.165, 1.54) is 77.0 Å². The van der Waals surface area contributed by atoms with Crippen molar-refractivity contribution in [1.29, 1.82) is 0 Å². The third-order valence-corrected chi connectivity index (χ3v) is 7.29. The highest BCUT2D eigenvalue weighted by molar-refractivity contribution is 5.56. The molecular weight excluding hydrogens is 451 g/mol. The number of unbranched alkanes of at least 4 members (excludes halogenated alkanes) is 8. The first kappa shape index (κ1) is 28.4. The van der Waals surface area contributed by atoms with Crippen molar-refractivity contribution in [2.24, 2.45) is 5.92 Å². The minimum atomic E-state index is -0.913. The molecule has 0 unspecified atom stereocenters. The summed E-state index contributed by atoms with van der Waals surface area (Å²) in [5, 5.41) is 0. The summed E-state index contributed by atoms with van der Waals surface area (Å²) >= 11 is 0. The Balaban J connectivity index is 1.25. The predicted molar refractivity (Wildman–Crippen MR) is 146 cm³/mol. The summed E-state index contributed by atoms with van der Waals surface area (Å²) in [7, 11) is 0. The summed E-state index contributed by atoms with van der Waals surface area (Å²) in [4.78, 5) is 8.89. The molecule has 0 bridgehead atoms. The lowest BCUT2D eigenvalue weighted by atomic mass is 9.99. The molecule has 1 aromatic heterocycles. The van der Waals surface area contributed by atoms with Gasteiger partial charge in [-0.15, -0.1) is 0 Å². The van der Waals surface area contributed by atoms with Crippen LogP contribution < -0.4 is 9.47 Å². The Hall–Kier alpha value is -2.17. The average molecular weight is 499 g/mol. The van der Waals surface area contributed by atoms with Crippen LogP contribution in [0.2, 0.25) is 0 Å². The highest BCUT2D eigenvalue weighted by atomic mass is 19.1. The Morgan fingerprint density at radius 2 is 1.47 bits per heavy atom. The first-order valence-electron chi connectivity index (χ1n) is 14.6. The minimum Gasteiger partial charge on any atom is -0.491 e. The van der Waals surface area contributed by atoms with Crippen molar-refractivity contribution in [1.82, 2.24) is 9.97 Å². The van der Waals surface area contributed by atoms with Gasteiger partial charge in [-0.2, -0.15) is 0 Å². The second-order valence-electron chi connectivity index (χ2n) is 10.4. The molecule has 0 amide bonds. The van der Waals surface area contributed by atoms with E-state index in [2.05, 4.69) is 16.9 Å². The molecule has 0 N–H and O–H groups in total. The van der Waals surface area contributed by atoms with E-state index in [9.17, 15) is 4.39 Å². The van der Waals surface area contributed by atoms with Gasteiger partial charge in [-0.25, -0.2) is 14.4 Å². The van der Waals surface area contributed by atoms with E-state index in [0.29, 0.717) is 30.4 Å². The fourth-order valence-corrected chi connectivity index (χ4v) is 5.03. The van der Waals surface area contributed by atoms with Crippen molar-refractivity contribution >= 4 is 0 Å². The maximum atomic E-state index is 14.0. The second kappa shape index (κ2) is 17.3. The van der Waals surface area contributed by atoms with Gasteiger partial charge in [0.1, 0.15) is 18.5 Å². The number of nitrogens with zero attached hydrogens (tertiary/aromatic N) is 2. The van der Waals surface area contributed by atoms with Crippen molar-refractivity contribution in [3.05, 3.63) is 36.7 Å². The Labute approximate surface area is 218 Å². The zero-order valence-electron chi connectivity index (χ0n) is 22.4. The van der Waals surface area contributed by atoms with Crippen molar-refractivity contribution in [3.63, 3.8) is 0 Å². The summed E-state index contributed by atoms with van der Waals surface area (Å²) in [6.07, 6.45) is 22.6. The van der Waals surface area contributed by atoms with Crippen molar-refractivity contribution in [2.75, 3.05) is 13.2 Å². The van der Waals surface area contributed by atoms with Gasteiger partial charge in [0.25, 0.3) is 0 Å². The first-order valence-corrected chi connectivity index (χ1v) is 14.6. The number of rotatable bonds is 19.